The van der Waals surface area contributed by atoms with Crippen molar-refractivity contribution in [3.63, 3.8) is 0 Å². The van der Waals surface area contributed by atoms with E-state index < -0.39 is 0 Å². The summed E-state index contributed by atoms with van der Waals surface area (Å²) in [5.41, 5.74) is 3.33. The van der Waals surface area contributed by atoms with E-state index in [2.05, 4.69) is 22.0 Å². The van der Waals surface area contributed by atoms with E-state index in [0.717, 1.165) is 16.5 Å². The van der Waals surface area contributed by atoms with Crippen LogP contribution in [-0.4, -0.2) is 5.78 Å². The maximum absolute atomic E-state index is 11.3. The lowest BCUT2D eigenvalue weighted by Gasteiger charge is -2.01. The molecule has 2 rings (SSSR count). The van der Waals surface area contributed by atoms with Gasteiger partial charge in [-0.3, -0.25) is 4.79 Å². The molecule has 0 unspecified atom stereocenters. The Morgan fingerprint density at radius 2 is 2.08 bits per heavy atom. The van der Waals surface area contributed by atoms with Crippen LogP contribution in [0.5, 0.6) is 0 Å². The first-order valence-corrected chi connectivity index (χ1v) is 4.80. The van der Waals surface area contributed by atoms with Crippen molar-refractivity contribution in [2.75, 3.05) is 0 Å². The summed E-state index contributed by atoms with van der Waals surface area (Å²) in [4.78, 5) is 11.3. The van der Waals surface area contributed by atoms with Gasteiger partial charge in [-0.25, -0.2) is 0 Å². The molecule has 62 valence electrons. The lowest BCUT2D eigenvalue weighted by Crippen LogP contribution is -1.91. The van der Waals surface area contributed by atoms with Gasteiger partial charge >= 0.3 is 0 Å². The number of ketones is 1. The van der Waals surface area contributed by atoms with Crippen molar-refractivity contribution in [1.29, 1.82) is 0 Å². The number of Topliss-reactive ketones (excluding diaryl/α,β-unsaturated/α-hetero) is 1. The first kappa shape index (κ1) is 7.99. The molecule has 12 heavy (non-hydrogen) atoms. The smallest absolute Gasteiger partial charge is 0.163 e. The summed E-state index contributed by atoms with van der Waals surface area (Å²) in [6, 6.07) is 4.05. The number of rotatable bonds is 0. The van der Waals surface area contributed by atoms with Crippen molar-refractivity contribution in [2.45, 2.75) is 19.8 Å². The van der Waals surface area contributed by atoms with Crippen LogP contribution in [0.25, 0.3) is 0 Å². The number of hydrogen-bond acceptors (Lipinski definition) is 1. The normalized spacial score (nSPS) is 15.0. The molecule has 0 radical (unpaired) electrons. The molecule has 0 fully saturated rings. The zero-order chi connectivity index (χ0) is 8.72. The molecule has 1 aromatic rings. The van der Waals surface area contributed by atoms with Gasteiger partial charge < -0.3 is 0 Å². The van der Waals surface area contributed by atoms with Crippen molar-refractivity contribution in [3.05, 3.63) is 33.3 Å². The summed E-state index contributed by atoms with van der Waals surface area (Å²) in [7, 11) is 0. The minimum absolute atomic E-state index is 0.283. The van der Waals surface area contributed by atoms with Crippen molar-refractivity contribution in [2.24, 2.45) is 0 Å². The van der Waals surface area contributed by atoms with Gasteiger partial charge in [0.05, 0.1) is 0 Å². The van der Waals surface area contributed by atoms with Gasteiger partial charge in [0.1, 0.15) is 0 Å². The van der Waals surface area contributed by atoms with Gasteiger partial charge in [0.2, 0.25) is 0 Å². The topological polar surface area (TPSA) is 17.1 Å². The molecule has 0 aromatic heterocycles. The predicted octanol–water partition coefficient (Wildman–Crippen LogP) is 2.89. The van der Waals surface area contributed by atoms with E-state index in [4.69, 9.17) is 0 Å². The summed E-state index contributed by atoms with van der Waals surface area (Å²) >= 11 is 3.42. The minimum atomic E-state index is 0.283. The summed E-state index contributed by atoms with van der Waals surface area (Å²) in [6.07, 6.45) is 1.60. The van der Waals surface area contributed by atoms with Crippen molar-refractivity contribution >= 4 is 21.7 Å². The molecule has 1 aromatic carbocycles. The second-order valence-corrected chi connectivity index (χ2v) is 4.04. The van der Waals surface area contributed by atoms with Crippen LogP contribution in [0.1, 0.15) is 27.9 Å². The van der Waals surface area contributed by atoms with Gasteiger partial charge in [0, 0.05) is 16.5 Å². The molecule has 1 aliphatic rings. The highest BCUT2D eigenvalue weighted by molar-refractivity contribution is 9.10. The average molecular weight is 225 g/mol. The summed E-state index contributed by atoms with van der Waals surface area (Å²) in [5, 5.41) is 0. The fourth-order valence-electron chi connectivity index (χ4n) is 1.59. The number of hydrogen-bond donors (Lipinski definition) is 0. The van der Waals surface area contributed by atoms with Crippen LogP contribution in [0.3, 0.4) is 0 Å². The highest BCUT2D eigenvalue weighted by Gasteiger charge is 2.19. The number of halogens is 1. The Hall–Kier alpha value is -0.630. The Morgan fingerprint density at radius 3 is 2.83 bits per heavy atom. The summed E-state index contributed by atoms with van der Waals surface area (Å²) < 4.78 is 1.04. The largest absolute Gasteiger partial charge is 0.294 e. The second kappa shape index (κ2) is 2.70. The van der Waals surface area contributed by atoms with Gasteiger partial charge in [0.25, 0.3) is 0 Å². The van der Waals surface area contributed by atoms with E-state index in [0.29, 0.717) is 6.42 Å². The molecule has 0 amide bonds. The number of fused-ring (bicyclic) bond motifs is 1. The highest BCUT2D eigenvalue weighted by atomic mass is 79.9. The first-order valence-electron chi connectivity index (χ1n) is 4.00. The maximum atomic E-state index is 11.3. The van der Waals surface area contributed by atoms with Crippen LogP contribution < -0.4 is 0 Å². The van der Waals surface area contributed by atoms with Crippen LogP contribution in [0.4, 0.5) is 0 Å². The molecular formula is C10H9BrO. The van der Waals surface area contributed by atoms with E-state index in [9.17, 15) is 4.79 Å². The standard InChI is InChI=1S/C10H9BrO/c1-6-4-7-2-3-10(12)8(7)5-9(6)11/h4-5H,2-3H2,1H3. The van der Waals surface area contributed by atoms with Crippen molar-refractivity contribution in [3.8, 4) is 0 Å². The Bertz CT molecular complexity index is 355. The monoisotopic (exact) mass is 224 g/mol. The predicted molar refractivity (Wildman–Crippen MR) is 51.5 cm³/mol. The Morgan fingerprint density at radius 1 is 1.33 bits per heavy atom. The number of aryl methyl sites for hydroxylation is 2. The van der Waals surface area contributed by atoms with E-state index in [-0.39, 0.29) is 5.78 Å². The van der Waals surface area contributed by atoms with E-state index in [1.807, 2.05) is 13.0 Å². The van der Waals surface area contributed by atoms with E-state index >= 15 is 0 Å². The molecule has 0 aliphatic heterocycles. The molecule has 0 spiro atoms. The Kier molecular flexibility index (Phi) is 1.80. The average Bonchev–Trinajstić information content (AvgIpc) is 2.35. The maximum Gasteiger partial charge on any atom is 0.163 e. The van der Waals surface area contributed by atoms with Crippen LogP contribution in [-0.2, 0) is 6.42 Å². The quantitative estimate of drug-likeness (QED) is 0.663. The number of carbonyl (C=O) groups is 1. The first-order chi connectivity index (χ1) is 5.68. The van der Waals surface area contributed by atoms with Crippen molar-refractivity contribution < 1.29 is 4.79 Å². The molecule has 0 saturated heterocycles. The van der Waals surface area contributed by atoms with E-state index in [1.165, 1.54) is 11.1 Å². The van der Waals surface area contributed by atoms with Gasteiger partial charge in [-0.2, -0.15) is 0 Å². The number of benzene rings is 1. The SMILES string of the molecule is Cc1cc2c(cc1Br)C(=O)CC2. The second-order valence-electron chi connectivity index (χ2n) is 3.18. The molecule has 0 heterocycles. The zero-order valence-corrected chi connectivity index (χ0v) is 8.44. The molecule has 2 heteroatoms. The molecule has 0 bridgehead atoms. The molecule has 0 saturated carbocycles. The third-order valence-corrected chi connectivity index (χ3v) is 3.16. The summed E-state index contributed by atoms with van der Waals surface area (Å²) in [5.74, 6) is 0.283. The van der Waals surface area contributed by atoms with Crippen molar-refractivity contribution in [1.82, 2.24) is 0 Å². The highest BCUT2D eigenvalue weighted by Crippen LogP contribution is 2.27. The fourth-order valence-corrected chi connectivity index (χ4v) is 1.93. The molecule has 0 atom stereocenters. The molecule has 1 nitrogen and oxygen atoms in total. The zero-order valence-electron chi connectivity index (χ0n) is 6.86. The fraction of sp³-hybridized carbons (Fsp3) is 0.300. The Balaban J connectivity index is 2.63. The molecular weight excluding hydrogens is 216 g/mol. The van der Waals surface area contributed by atoms with Gasteiger partial charge in [-0.15, -0.1) is 0 Å². The van der Waals surface area contributed by atoms with Gasteiger partial charge in [-0.1, -0.05) is 22.0 Å². The van der Waals surface area contributed by atoms with E-state index in [1.54, 1.807) is 0 Å². The molecule has 1 aliphatic carbocycles. The Labute approximate surface area is 79.9 Å². The summed E-state index contributed by atoms with van der Waals surface area (Å²) in [6.45, 7) is 2.05. The van der Waals surface area contributed by atoms with Crippen LogP contribution in [0.2, 0.25) is 0 Å². The molecule has 0 N–H and O–H groups in total. The lowest BCUT2D eigenvalue weighted by atomic mass is 10.1. The van der Waals surface area contributed by atoms with Crippen LogP contribution in [0, 0.1) is 6.92 Å². The third-order valence-electron chi connectivity index (χ3n) is 2.31. The van der Waals surface area contributed by atoms with Crippen LogP contribution in [0.15, 0.2) is 16.6 Å². The third kappa shape index (κ3) is 1.11. The minimum Gasteiger partial charge on any atom is -0.294 e. The van der Waals surface area contributed by atoms with Crippen LogP contribution >= 0.6 is 15.9 Å². The number of carbonyl (C=O) groups excluding carboxylic acids is 1. The lowest BCUT2D eigenvalue weighted by molar-refractivity contribution is 0.0994. The van der Waals surface area contributed by atoms with Gasteiger partial charge in [0.15, 0.2) is 5.78 Å². The van der Waals surface area contributed by atoms with Gasteiger partial charge in [-0.05, 0) is 30.5 Å².